The summed E-state index contributed by atoms with van der Waals surface area (Å²) in [5.74, 6) is 0. The summed E-state index contributed by atoms with van der Waals surface area (Å²) in [6.07, 6.45) is 2.70. The summed E-state index contributed by atoms with van der Waals surface area (Å²) in [4.78, 5) is 4.35. The first kappa shape index (κ1) is 11.1. The summed E-state index contributed by atoms with van der Waals surface area (Å²) in [5.41, 5.74) is 1.18. The molecule has 0 atom stereocenters. The van der Waals surface area contributed by atoms with Gasteiger partial charge in [-0.05, 0) is 12.1 Å². The van der Waals surface area contributed by atoms with Gasteiger partial charge in [-0.15, -0.1) is 0 Å². The fraction of sp³-hybridized carbons (Fsp3) is 0.300. The number of rotatable bonds is 3. The molecular weight excluding hydrogens is 228 g/mol. The molecule has 0 saturated carbocycles. The Bertz CT molecular complexity index is 616. The van der Waals surface area contributed by atoms with E-state index in [2.05, 4.69) is 4.98 Å². The molecule has 1 N–H and O–H groups in total. The van der Waals surface area contributed by atoms with E-state index in [1.807, 2.05) is 0 Å². The van der Waals surface area contributed by atoms with Crippen molar-refractivity contribution in [1.29, 1.82) is 0 Å². The van der Waals surface area contributed by atoms with E-state index in [1.54, 1.807) is 22.8 Å². The normalized spacial score (nSPS) is 12.1. The minimum absolute atomic E-state index is 0.0520. The molecule has 0 radical (unpaired) electrons. The smallest absolute Gasteiger partial charge is 0.177 e. The van der Waals surface area contributed by atoms with Gasteiger partial charge in [0.25, 0.3) is 0 Å². The van der Waals surface area contributed by atoms with Gasteiger partial charge in [0, 0.05) is 12.8 Å². The van der Waals surface area contributed by atoms with Crippen LogP contribution in [-0.4, -0.2) is 35.9 Å². The molecule has 0 amide bonds. The van der Waals surface area contributed by atoms with Crippen molar-refractivity contribution in [2.24, 2.45) is 0 Å². The monoisotopic (exact) mass is 240 g/mol. The van der Waals surface area contributed by atoms with Gasteiger partial charge in [-0.1, -0.05) is 6.07 Å². The second kappa shape index (κ2) is 3.88. The maximum atomic E-state index is 11.6. The van der Waals surface area contributed by atoms with Crippen LogP contribution in [-0.2, 0) is 16.4 Å². The number of aromatic nitrogens is 2. The molecule has 0 unspecified atom stereocenters. The lowest BCUT2D eigenvalue weighted by molar-refractivity contribution is 0.277. The SMILES string of the molecule is CS(=O)(=O)c1cccc2ncn(CCO)c12. The molecule has 0 aliphatic heterocycles. The first-order valence-electron chi connectivity index (χ1n) is 4.79. The van der Waals surface area contributed by atoms with Crippen molar-refractivity contribution < 1.29 is 13.5 Å². The zero-order valence-corrected chi connectivity index (χ0v) is 9.61. The Morgan fingerprint density at radius 3 is 2.81 bits per heavy atom. The summed E-state index contributed by atoms with van der Waals surface area (Å²) in [5, 5.41) is 8.89. The van der Waals surface area contributed by atoms with Gasteiger partial charge < -0.3 is 9.67 Å². The van der Waals surface area contributed by atoms with Crippen LogP contribution in [0.4, 0.5) is 0 Å². The summed E-state index contributed by atoms with van der Waals surface area (Å²) >= 11 is 0. The largest absolute Gasteiger partial charge is 0.395 e. The molecule has 6 heteroatoms. The van der Waals surface area contributed by atoms with Gasteiger partial charge in [0.15, 0.2) is 9.84 Å². The Morgan fingerprint density at radius 1 is 1.44 bits per heavy atom. The third-order valence-electron chi connectivity index (χ3n) is 2.34. The number of hydrogen-bond acceptors (Lipinski definition) is 4. The highest BCUT2D eigenvalue weighted by atomic mass is 32.2. The number of benzene rings is 1. The van der Waals surface area contributed by atoms with Crippen LogP contribution < -0.4 is 0 Å². The van der Waals surface area contributed by atoms with Crippen LogP contribution in [0.3, 0.4) is 0 Å². The maximum absolute atomic E-state index is 11.6. The molecule has 2 rings (SSSR count). The minimum Gasteiger partial charge on any atom is -0.395 e. The van der Waals surface area contributed by atoms with E-state index >= 15 is 0 Å². The quantitative estimate of drug-likeness (QED) is 0.844. The number of hydrogen-bond donors (Lipinski definition) is 1. The Hall–Kier alpha value is -1.40. The predicted octanol–water partition coefficient (Wildman–Crippen LogP) is 0.432. The van der Waals surface area contributed by atoms with E-state index in [-0.39, 0.29) is 11.5 Å². The van der Waals surface area contributed by atoms with Crippen molar-refractivity contribution in [3.8, 4) is 0 Å². The van der Waals surface area contributed by atoms with Crippen LogP contribution in [0.25, 0.3) is 11.0 Å². The molecule has 0 aliphatic carbocycles. The number of nitrogens with zero attached hydrogens (tertiary/aromatic N) is 2. The zero-order chi connectivity index (χ0) is 11.8. The highest BCUT2D eigenvalue weighted by molar-refractivity contribution is 7.91. The Morgan fingerprint density at radius 2 is 2.19 bits per heavy atom. The van der Waals surface area contributed by atoms with Gasteiger partial charge in [-0.3, -0.25) is 0 Å². The topological polar surface area (TPSA) is 72.2 Å². The lowest BCUT2D eigenvalue weighted by Gasteiger charge is -2.05. The molecule has 0 aliphatic rings. The third kappa shape index (κ3) is 1.81. The second-order valence-electron chi connectivity index (χ2n) is 3.56. The number of aliphatic hydroxyl groups is 1. The van der Waals surface area contributed by atoms with Gasteiger partial charge in [0.2, 0.25) is 0 Å². The fourth-order valence-corrected chi connectivity index (χ4v) is 2.57. The number of fused-ring (bicyclic) bond motifs is 1. The molecule has 2 aromatic rings. The van der Waals surface area contributed by atoms with Crippen LogP contribution in [0.15, 0.2) is 29.4 Å². The molecule has 86 valence electrons. The average molecular weight is 240 g/mol. The van der Waals surface area contributed by atoms with E-state index in [0.29, 0.717) is 17.6 Å². The van der Waals surface area contributed by atoms with Crippen LogP contribution in [0.2, 0.25) is 0 Å². The van der Waals surface area contributed by atoms with E-state index < -0.39 is 9.84 Å². The Balaban J connectivity index is 2.78. The number of aliphatic hydroxyl groups excluding tert-OH is 1. The van der Waals surface area contributed by atoms with Gasteiger partial charge in [-0.25, -0.2) is 13.4 Å². The highest BCUT2D eigenvalue weighted by Gasteiger charge is 2.15. The number of para-hydroxylation sites is 1. The Kier molecular flexibility index (Phi) is 2.69. The summed E-state index contributed by atoms with van der Waals surface area (Å²) in [6.45, 7) is 0.284. The molecule has 0 spiro atoms. The first-order valence-corrected chi connectivity index (χ1v) is 6.68. The van der Waals surface area contributed by atoms with Crippen molar-refractivity contribution >= 4 is 20.9 Å². The van der Waals surface area contributed by atoms with Gasteiger partial charge in [-0.2, -0.15) is 0 Å². The van der Waals surface area contributed by atoms with E-state index in [1.165, 1.54) is 6.33 Å². The van der Waals surface area contributed by atoms with E-state index in [9.17, 15) is 8.42 Å². The van der Waals surface area contributed by atoms with E-state index in [4.69, 9.17) is 5.11 Å². The van der Waals surface area contributed by atoms with Gasteiger partial charge in [0.1, 0.15) is 0 Å². The van der Waals surface area contributed by atoms with Crippen molar-refractivity contribution in [3.05, 3.63) is 24.5 Å². The van der Waals surface area contributed by atoms with Crippen molar-refractivity contribution in [3.63, 3.8) is 0 Å². The summed E-state index contributed by atoms with van der Waals surface area (Å²) in [6, 6.07) is 4.96. The lowest BCUT2D eigenvalue weighted by Crippen LogP contribution is -2.05. The van der Waals surface area contributed by atoms with Gasteiger partial charge in [0.05, 0.1) is 28.9 Å². The van der Waals surface area contributed by atoms with Crippen molar-refractivity contribution in [1.82, 2.24) is 9.55 Å². The lowest BCUT2D eigenvalue weighted by atomic mass is 10.3. The molecule has 0 fully saturated rings. The fourth-order valence-electron chi connectivity index (χ4n) is 1.67. The molecule has 0 bridgehead atoms. The highest BCUT2D eigenvalue weighted by Crippen LogP contribution is 2.22. The molecular formula is C10H12N2O3S. The summed E-state index contributed by atoms with van der Waals surface area (Å²) < 4.78 is 24.8. The van der Waals surface area contributed by atoms with Crippen LogP contribution in [0, 0.1) is 0 Å². The molecule has 1 heterocycles. The van der Waals surface area contributed by atoms with Crippen LogP contribution >= 0.6 is 0 Å². The third-order valence-corrected chi connectivity index (χ3v) is 3.47. The molecule has 1 aromatic carbocycles. The first-order chi connectivity index (χ1) is 7.54. The minimum atomic E-state index is -3.28. The molecule has 0 saturated heterocycles. The average Bonchev–Trinajstić information content (AvgIpc) is 2.61. The van der Waals surface area contributed by atoms with Gasteiger partial charge >= 0.3 is 0 Å². The molecule has 16 heavy (non-hydrogen) atoms. The van der Waals surface area contributed by atoms with E-state index in [0.717, 1.165) is 6.26 Å². The number of sulfone groups is 1. The molecule has 1 aromatic heterocycles. The van der Waals surface area contributed by atoms with Crippen LogP contribution in [0.5, 0.6) is 0 Å². The number of imidazole rings is 1. The second-order valence-corrected chi connectivity index (χ2v) is 5.54. The zero-order valence-electron chi connectivity index (χ0n) is 8.79. The molecule has 5 nitrogen and oxygen atoms in total. The maximum Gasteiger partial charge on any atom is 0.177 e. The summed E-state index contributed by atoms with van der Waals surface area (Å²) in [7, 11) is -3.28. The Labute approximate surface area is 93.3 Å². The predicted molar refractivity (Wildman–Crippen MR) is 59.9 cm³/mol. The standard InChI is InChI=1S/C10H12N2O3S/c1-16(14,15)9-4-2-3-8-10(9)12(5-6-13)7-11-8/h2-4,7,13H,5-6H2,1H3. The van der Waals surface area contributed by atoms with Crippen LogP contribution in [0.1, 0.15) is 0 Å². The van der Waals surface area contributed by atoms with Crippen molar-refractivity contribution in [2.75, 3.05) is 12.9 Å². The van der Waals surface area contributed by atoms with Crippen molar-refractivity contribution in [2.45, 2.75) is 11.4 Å².